The fourth-order valence-corrected chi connectivity index (χ4v) is 0.886. The number of pyridine rings is 1. The lowest BCUT2D eigenvalue weighted by atomic mass is 10.4. The van der Waals surface area contributed by atoms with Gasteiger partial charge in [0, 0.05) is 25.0 Å². The van der Waals surface area contributed by atoms with Gasteiger partial charge in [-0.2, -0.15) is 0 Å². The lowest BCUT2D eigenvalue weighted by molar-refractivity contribution is 0.812. The van der Waals surface area contributed by atoms with Crippen molar-refractivity contribution in [3.05, 3.63) is 40.8 Å². The van der Waals surface area contributed by atoms with Crippen LogP contribution in [-0.2, 0) is 6.54 Å². The van der Waals surface area contributed by atoms with Crippen molar-refractivity contribution < 1.29 is 0 Å². The topological polar surface area (TPSA) is 48.0 Å². The minimum Gasteiger partial charge on any atom is -0.394 e. The zero-order valence-electron chi connectivity index (χ0n) is 7.03. The van der Waals surface area contributed by atoms with Crippen molar-refractivity contribution in [1.29, 1.82) is 0 Å². The van der Waals surface area contributed by atoms with Crippen LogP contribution in [0.4, 0.5) is 5.69 Å². The molecule has 1 aromatic heterocycles. The van der Waals surface area contributed by atoms with Crippen molar-refractivity contribution in [3.63, 3.8) is 0 Å². The molecule has 0 radical (unpaired) electrons. The summed E-state index contributed by atoms with van der Waals surface area (Å²) in [5, 5.41) is 0. The molecule has 0 aromatic carbocycles. The quantitative estimate of drug-likeness (QED) is 0.663. The Balaban J connectivity index is 2.89. The van der Waals surface area contributed by atoms with E-state index in [0.29, 0.717) is 5.69 Å². The molecule has 0 saturated carbocycles. The summed E-state index contributed by atoms with van der Waals surface area (Å²) in [6, 6.07) is 1.47. The van der Waals surface area contributed by atoms with Crippen molar-refractivity contribution in [2.75, 3.05) is 5.73 Å². The zero-order valence-corrected chi connectivity index (χ0v) is 7.03. The SMILES string of the molecule is C/C=C/Cn1ccc(=O)c(N)c1. The van der Waals surface area contributed by atoms with Crippen molar-refractivity contribution in [1.82, 2.24) is 4.57 Å². The summed E-state index contributed by atoms with van der Waals surface area (Å²) in [6.07, 6.45) is 7.30. The molecule has 12 heavy (non-hydrogen) atoms. The molecule has 3 nitrogen and oxygen atoms in total. The normalized spacial score (nSPS) is 10.8. The highest BCUT2D eigenvalue weighted by Gasteiger charge is 1.91. The van der Waals surface area contributed by atoms with E-state index in [0.717, 1.165) is 6.54 Å². The van der Waals surface area contributed by atoms with Crippen molar-refractivity contribution in [2.45, 2.75) is 13.5 Å². The third-order valence-electron chi connectivity index (χ3n) is 1.56. The van der Waals surface area contributed by atoms with Gasteiger partial charge in [0.2, 0.25) is 5.43 Å². The minimum atomic E-state index is -0.119. The molecule has 0 fully saturated rings. The summed E-state index contributed by atoms with van der Waals surface area (Å²) in [6.45, 7) is 2.70. The fraction of sp³-hybridized carbons (Fsp3) is 0.222. The van der Waals surface area contributed by atoms with Crippen LogP contribution in [0.15, 0.2) is 35.4 Å². The standard InChI is InChI=1S/C9H12N2O/c1-2-3-5-11-6-4-9(12)8(10)7-11/h2-4,6-7H,5,10H2,1H3/b3-2+. The van der Waals surface area contributed by atoms with E-state index < -0.39 is 0 Å². The van der Waals surface area contributed by atoms with E-state index >= 15 is 0 Å². The van der Waals surface area contributed by atoms with Gasteiger partial charge in [0.15, 0.2) is 0 Å². The average molecular weight is 164 g/mol. The molecule has 0 atom stereocenters. The number of hydrogen-bond donors (Lipinski definition) is 1. The van der Waals surface area contributed by atoms with Gasteiger partial charge in [0.05, 0.1) is 5.69 Å². The Morgan fingerprint density at radius 3 is 3.00 bits per heavy atom. The van der Waals surface area contributed by atoms with Gasteiger partial charge in [-0.3, -0.25) is 4.79 Å². The molecule has 1 rings (SSSR count). The smallest absolute Gasteiger partial charge is 0.204 e. The maximum Gasteiger partial charge on any atom is 0.204 e. The number of nitrogens with zero attached hydrogens (tertiary/aromatic N) is 1. The minimum absolute atomic E-state index is 0.119. The Labute approximate surface area is 71.1 Å². The third-order valence-corrected chi connectivity index (χ3v) is 1.56. The monoisotopic (exact) mass is 164 g/mol. The van der Waals surface area contributed by atoms with Crippen LogP contribution in [0.5, 0.6) is 0 Å². The Morgan fingerprint density at radius 2 is 2.42 bits per heavy atom. The first-order chi connectivity index (χ1) is 5.74. The molecule has 0 aliphatic heterocycles. The predicted molar refractivity (Wildman–Crippen MR) is 49.9 cm³/mol. The van der Waals surface area contributed by atoms with Gasteiger partial charge in [-0.15, -0.1) is 0 Å². The third kappa shape index (κ3) is 1.99. The second-order valence-electron chi connectivity index (χ2n) is 2.53. The molecule has 0 amide bonds. The van der Waals surface area contributed by atoms with Crippen LogP contribution < -0.4 is 11.2 Å². The van der Waals surface area contributed by atoms with Crippen LogP contribution in [0.25, 0.3) is 0 Å². The molecule has 0 saturated heterocycles. The number of anilines is 1. The number of rotatable bonds is 2. The lowest BCUT2D eigenvalue weighted by Gasteiger charge is -2.01. The number of aromatic nitrogens is 1. The Bertz CT molecular complexity index is 339. The fourth-order valence-electron chi connectivity index (χ4n) is 0.886. The van der Waals surface area contributed by atoms with Gasteiger partial charge in [-0.05, 0) is 6.92 Å². The molecule has 3 heteroatoms. The lowest BCUT2D eigenvalue weighted by Crippen LogP contribution is -2.10. The van der Waals surface area contributed by atoms with E-state index in [2.05, 4.69) is 0 Å². The van der Waals surface area contributed by atoms with E-state index in [1.807, 2.05) is 23.6 Å². The zero-order chi connectivity index (χ0) is 8.97. The first-order valence-electron chi connectivity index (χ1n) is 3.81. The summed E-state index contributed by atoms with van der Waals surface area (Å²) in [5.74, 6) is 0. The molecule has 1 aromatic rings. The maximum atomic E-state index is 10.9. The molecule has 0 spiro atoms. The van der Waals surface area contributed by atoms with Gasteiger partial charge in [-0.25, -0.2) is 0 Å². The summed E-state index contributed by atoms with van der Waals surface area (Å²) in [7, 11) is 0. The van der Waals surface area contributed by atoms with E-state index in [1.165, 1.54) is 6.07 Å². The van der Waals surface area contributed by atoms with Crippen LogP contribution in [-0.4, -0.2) is 4.57 Å². The number of nitrogens with two attached hydrogens (primary N) is 1. The molecule has 1 heterocycles. The Kier molecular flexibility index (Phi) is 2.69. The molecule has 0 unspecified atom stereocenters. The molecule has 2 N–H and O–H groups in total. The Morgan fingerprint density at radius 1 is 1.67 bits per heavy atom. The molecular weight excluding hydrogens is 152 g/mol. The van der Waals surface area contributed by atoms with Crippen LogP contribution in [0.2, 0.25) is 0 Å². The van der Waals surface area contributed by atoms with Crippen molar-refractivity contribution in [2.24, 2.45) is 0 Å². The van der Waals surface area contributed by atoms with Crippen LogP contribution in [0, 0.1) is 0 Å². The number of allylic oxidation sites excluding steroid dienone is 2. The Hall–Kier alpha value is -1.51. The van der Waals surface area contributed by atoms with E-state index in [9.17, 15) is 4.79 Å². The number of nitrogen functional groups attached to an aromatic ring is 1. The summed E-state index contributed by atoms with van der Waals surface area (Å²) in [5.41, 5.74) is 5.61. The van der Waals surface area contributed by atoms with Gasteiger partial charge < -0.3 is 10.3 Å². The van der Waals surface area contributed by atoms with Crippen molar-refractivity contribution in [3.8, 4) is 0 Å². The molecule has 64 valence electrons. The molecule has 0 bridgehead atoms. The highest BCUT2D eigenvalue weighted by atomic mass is 16.1. The summed E-state index contributed by atoms with van der Waals surface area (Å²) in [4.78, 5) is 10.9. The first kappa shape index (κ1) is 8.59. The highest BCUT2D eigenvalue weighted by Crippen LogP contribution is 1.93. The second-order valence-corrected chi connectivity index (χ2v) is 2.53. The highest BCUT2D eigenvalue weighted by molar-refractivity contribution is 5.33. The van der Waals surface area contributed by atoms with E-state index in [4.69, 9.17) is 5.73 Å². The van der Waals surface area contributed by atoms with Gasteiger partial charge in [0.1, 0.15) is 0 Å². The first-order valence-corrected chi connectivity index (χ1v) is 3.81. The largest absolute Gasteiger partial charge is 0.394 e. The van der Waals surface area contributed by atoms with E-state index in [-0.39, 0.29) is 5.43 Å². The van der Waals surface area contributed by atoms with Crippen LogP contribution in [0.1, 0.15) is 6.92 Å². The molecule has 0 aliphatic rings. The van der Waals surface area contributed by atoms with E-state index in [1.54, 1.807) is 12.4 Å². The summed E-state index contributed by atoms with van der Waals surface area (Å²) >= 11 is 0. The van der Waals surface area contributed by atoms with Gasteiger partial charge >= 0.3 is 0 Å². The van der Waals surface area contributed by atoms with Crippen LogP contribution >= 0.6 is 0 Å². The predicted octanol–water partition coefficient (Wildman–Crippen LogP) is 1.01. The average Bonchev–Trinajstić information content (AvgIpc) is 2.07. The van der Waals surface area contributed by atoms with Gasteiger partial charge in [0.25, 0.3) is 0 Å². The molecular formula is C9H12N2O. The maximum absolute atomic E-state index is 10.9. The second kappa shape index (κ2) is 3.76. The van der Waals surface area contributed by atoms with Crippen molar-refractivity contribution >= 4 is 5.69 Å². The van der Waals surface area contributed by atoms with Gasteiger partial charge in [-0.1, -0.05) is 12.2 Å². The van der Waals surface area contributed by atoms with Crippen LogP contribution in [0.3, 0.4) is 0 Å². The molecule has 0 aliphatic carbocycles. The number of hydrogen-bond acceptors (Lipinski definition) is 2. The summed E-state index contributed by atoms with van der Waals surface area (Å²) < 4.78 is 1.86.